The number of hydrazone groups is 1. The normalized spacial score (nSPS) is 13.4. The maximum Gasteiger partial charge on any atom is 0.260 e. The molecule has 2 aromatic heterocycles. The predicted octanol–water partition coefficient (Wildman–Crippen LogP) is 2.27. The van der Waals surface area contributed by atoms with Gasteiger partial charge in [-0.15, -0.1) is 0 Å². The highest BCUT2D eigenvalue weighted by atomic mass is 32.2. The molecule has 9 heteroatoms. The van der Waals surface area contributed by atoms with E-state index in [-0.39, 0.29) is 12.5 Å². The first-order valence-corrected chi connectivity index (χ1v) is 9.16. The van der Waals surface area contributed by atoms with Crippen molar-refractivity contribution >= 4 is 34.9 Å². The summed E-state index contributed by atoms with van der Waals surface area (Å²) >= 11 is 1.46. The molecule has 8 nitrogen and oxygen atoms in total. The second-order valence-electron chi connectivity index (χ2n) is 5.48. The lowest BCUT2D eigenvalue weighted by molar-refractivity contribution is -0.121. The molecule has 0 radical (unpaired) electrons. The van der Waals surface area contributed by atoms with E-state index in [9.17, 15) is 4.79 Å². The smallest absolute Gasteiger partial charge is 0.260 e. The molecule has 0 unspecified atom stereocenters. The Morgan fingerprint density at radius 1 is 1.38 bits per heavy atom. The van der Waals surface area contributed by atoms with Gasteiger partial charge < -0.3 is 18.5 Å². The van der Waals surface area contributed by atoms with Gasteiger partial charge in [0.05, 0.1) is 23.5 Å². The molecule has 0 aliphatic carbocycles. The number of benzene rings is 1. The molecular weight excluding hydrogens is 356 g/mol. The van der Waals surface area contributed by atoms with E-state index >= 15 is 0 Å². The Hall–Kier alpha value is -2.94. The van der Waals surface area contributed by atoms with Crippen molar-refractivity contribution in [3.8, 4) is 11.5 Å². The van der Waals surface area contributed by atoms with Gasteiger partial charge in [-0.25, -0.2) is 10.4 Å². The molecule has 0 fully saturated rings. The largest absolute Gasteiger partial charge is 0.486 e. The van der Waals surface area contributed by atoms with Crippen molar-refractivity contribution in [3.05, 3.63) is 36.3 Å². The quantitative estimate of drug-likeness (QED) is 0.420. The second-order valence-corrected chi connectivity index (χ2v) is 6.25. The highest BCUT2D eigenvalue weighted by Crippen LogP contribution is 2.35. The minimum Gasteiger partial charge on any atom is -0.486 e. The summed E-state index contributed by atoms with van der Waals surface area (Å²) in [7, 11) is 0. The Kier molecular flexibility index (Phi) is 4.53. The van der Waals surface area contributed by atoms with Crippen LogP contribution in [0.3, 0.4) is 0 Å². The molecule has 4 rings (SSSR count). The van der Waals surface area contributed by atoms with Crippen LogP contribution in [-0.2, 0) is 11.3 Å². The van der Waals surface area contributed by atoms with Crippen LogP contribution in [0.5, 0.6) is 11.5 Å². The Balaban J connectivity index is 1.57. The number of rotatable bonds is 5. The molecule has 0 saturated heterocycles. The van der Waals surface area contributed by atoms with Gasteiger partial charge in [0.25, 0.3) is 5.91 Å². The molecule has 3 heterocycles. The zero-order chi connectivity index (χ0) is 17.9. The summed E-state index contributed by atoms with van der Waals surface area (Å²) in [5.74, 6) is 1.63. The molecule has 1 aromatic carbocycles. The number of hydrogen-bond acceptors (Lipinski definition) is 7. The average Bonchev–Trinajstić information content (AvgIpc) is 3.28. The molecular formula is C17H16N4O4S. The van der Waals surface area contributed by atoms with Crippen molar-refractivity contribution in [1.82, 2.24) is 15.0 Å². The lowest BCUT2D eigenvalue weighted by atomic mass is 10.2. The van der Waals surface area contributed by atoms with Crippen molar-refractivity contribution in [2.24, 2.45) is 5.10 Å². The number of imidazole rings is 1. The molecule has 3 aromatic rings. The third-order valence-electron chi connectivity index (χ3n) is 3.79. The number of furan rings is 1. The third-order valence-corrected chi connectivity index (χ3v) is 4.46. The lowest BCUT2D eigenvalue weighted by Gasteiger charge is -2.18. The van der Waals surface area contributed by atoms with Crippen LogP contribution in [0.15, 0.2) is 45.2 Å². The van der Waals surface area contributed by atoms with Gasteiger partial charge in [-0.1, -0.05) is 11.8 Å². The van der Waals surface area contributed by atoms with Gasteiger partial charge in [-0.2, -0.15) is 5.10 Å². The Bertz CT molecular complexity index is 965. The van der Waals surface area contributed by atoms with Crippen LogP contribution in [0, 0.1) is 0 Å². The molecule has 1 amide bonds. The lowest BCUT2D eigenvalue weighted by Crippen LogP contribution is -2.23. The fourth-order valence-corrected chi connectivity index (χ4v) is 3.23. The first kappa shape index (κ1) is 16.5. The van der Waals surface area contributed by atoms with Crippen molar-refractivity contribution in [2.45, 2.75) is 11.7 Å². The van der Waals surface area contributed by atoms with Crippen LogP contribution in [0.4, 0.5) is 0 Å². The molecule has 0 bridgehead atoms. The van der Waals surface area contributed by atoms with Gasteiger partial charge in [0, 0.05) is 12.1 Å². The van der Waals surface area contributed by atoms with E-state index < -0.39 is 0 Å². The summed E-state index contributed by atoms with van der Waals surface area (Å²) in [6.07, 6.45) is 4.90. The molecule has 0 saturated carbocycles. The summed E-state index contributed by atoms with van der Waals surface area (Å²) in [6, 6.07) is 7.19. The Morgan fingerprint density at radius 3 is 2.92 bits per heavy atom. The molecule has 134 valence electrons. The van der Waals surface area contributed by atoms with Gasteiger partial charge in [0.15, 0.2) is 16.7 Å². The van der Waals surface area contributed by atoms with E-state index in [0.29, 0.717) is 30.5 Å². The van der Waals surface area contributed by atoms with Crippen molar-refractivity contribution in [3.63, 3.8) is 0 Å². The molecule has 1 aliphatic rings. The minimum absolute atomic E-state index is 0.0851. The fourth-order valence-electron chi connectivity index (χ4n) is 2.66. The first-order valence-electron chi connectivity index (χ1n) is 7.94. The summed E-state index contributed by atoms with van der Waals surface area (Å²) in [6.45, 7) is 1.11. The zero-order valence-corrected chi connectivity index (χ0v) is 14.8. The van der Waals surface area contributed by atoms with Gasteiger partial charge >= 0.3 is 0 Å². The van der Waals surface area contributed by atoms with Crippen LogP contribution >= 0.6 is 11.8 Å². The number of nitrogens with one attached hydrogen (secondary N) is 1. The predicted molar refractivity (Wildman–Crippen MR) is 96.9 cm³/mol. The zero-order valence-electron chi connectivity index (χ0n) is 14.0. The molecule has 1 aliphatic heterocycles. The Labute approximate surface area is 153 Å². The Morgan fingerprint density at radius 2 is 2.19 bits per heavy atom. The summed E-state index contributed by atoms with van der Waals surface area (Å²) in [4.78, 5) is 16.8. The number of nitrogens with zero attached hydrogens (tertiary/aromatic N) is 3. The highest BCUT2D eigenvalue weighted by Gasteiger charge is 2.19. The van der Waals surface area contributed by atoms with Gasteiger partial charge in [-0.3, -0.25) is 4.79 Å². The number of carbonyl (C=O) groups excluding carboxylic acids is 1. The van der Waals surface area contributed by atoms with E-state index in [4.69, 9.17) is 13.9 Å². The standard InChI is InChI=1S/C17H16N4O4S/c1-26-17-19-12-7-14-15(25-6-5-24-14)8-13(12)21(17)10-16(22)20-18-9-11-3-2-4-23-11/h2-4,7-9H,5-6,10H2,1H3,(H,20,22)/b18-9-. The highest BCUT2D eigenvalue weighted by molar-refractivity contribution is 7.98. The third kappa shape index (κ3) is 3.25. The second kappa shape index (κ2) is 7.12. The van der Waals surface area contributed by atoms with Crippen LogP contribution in [0.25, 0.3) is 11.0 Å². The van der Waals surface area contributed by atoms with Crippen molar-refractivity contribution < 1.29 is 18.7 Å². The number of fused-ring (bicyclic) bond motifs is 2. The summed E-state index contributed by atoms with van der Waals surface area (Å²) < 4.78 is 18.2. The van der Waals surface area contributed by atoms with Crippen LogP contribution < -0.4 is 14.9 Å². The molecule has 1 N–H and O–H groups in total. The van der Waals surface area contributed by atoms with E-state index in [2.05, 4.69) is 15.5 Å². The SMILES string of the molecule is CSc1nc2cc3c(cc2n1CC(=O)N/N=C\c1ccco1)OCCO3. The van der Waals surface area contributed by atoms with Crippen LogP contribution in [0.1, 0.15) is 5.76 Å². The van der Waals surface area contributed by atoms with E-state index in [1.54, 1.807) is 12.1 Å². The number of amides is 1. The van der Waals surface area contributed by atoms with Gasteiger partial charge in [-0.05, 0) is 18.4 Å². The summed E-state index contributed by atoms with van der Waals surface area (Å²) in [5.41, 5.74) is 4.06. The number of aromatic nitrogens is 2. The van der Waals surface area contributed by atoms with Crippen LogP contribution in [-0.4, -0.2) is 41.1 Å². The number of carbonyl (C=O) groups is 1. The van der Waals surface area contributed by atoms with E-state index in [1.165, 1.54) is 24.2 Å². The van der Waals surface area contributed by atoms with Gasteiger partial charge in [0.1, 0.15) is 25.5 Å². The van der Waals surface area contributed by atoms with E-state index in [0.717, 1.165) is 16.2 Å². The molecule has 26 heavy (non-hydrogen) atoms. The van der Waals surface area contributed by atoms with Gasteiger partial charge in [0.2, 0.25) is 0 Å². The first-order chi connectivity index (χ1) is 12.7. The summed E-state index contributed by atoms with van der Waals surface area (Å²) in [5, 5.41) is 4.63. The molecule has 0 spiro atoms. The molecule has 0 atom stereocenters. The average molecular weight is 372 g/mol. The van der Waals surface area contributed by atoms with Crippen molar-refractivity contribution in [2.75, 3.05) is 19.5 Å². The van der Waals surface area contributed by atoms with Crippen LogP contribution in [0.2, 0.25) is 0 Å². The number of hydrogen-bond donors (Lipinski definition) is 1. The fraction of sp³-hybridized carbons (Fsp3) is 0.235. The van der Waals surface area contributed by atoms with Crippen molar-refractivity contribution in [1.29, 1.82) is 0 Å². The van der Waals surface area contributed by atoms with E-state index in [1.807, 2.05) is 23.0 Å². The topological polar surface area (TPSA) is 90.9 Å². The monoisotopic (exact) mass is 372 g/mol. The minimum atomic E-state index is -0.266. The maximum atomic E-state index is 12.3. The maximum absolute atomic E-state index is 12.3. The number of ether oxygens (including phenoxy) is 2. The number of thioether (sulfide) groups is 1.